The number of halogens is 1. The van der Waals surface area contributed by atoms with E-state index in [1.165, 1.54) is 11.3 Å². The van der Waals surface area contributed by atoms with Crippen LogP contribution in [-0.2, 0) is 11.3 Å². The third kappa shape index (κ3) is 3.71. The Morgan fingerprint density at radius 3 is 2.68 bits per heavy atom. The molecule has 0 bridgehead atoms. The van der Waals surface area contributed by atoms with Gasteiger partial charge in [-0.25, -0.2) is 4.99 Å². The molecule has 1 aliphatic heterocycles. The molecule has 3 aromatic rings. The monoisotopic (exact) mass is 370 g/mol. The minimum Gasteiger partial charge on any atom is -0.376 e. The molecule has 4 rings (SSSR count). The number of hydrogen-bond acceptors (Lipinski definition) is 3. The van der Waals surface area contributed by atoms with E-state index in [0.717, 1.165) is 36.5 Å². The first-order chi connectivity index (χ1) is 12.3. The molecular weight excluding hydrogens is 352 g/mol. The maximum Gasteiger partial charge on any atom is 0.190 e. The molecule has 1 saturated heterocycles. The topological polar surface area (TPSA) is 26.5 Å². The van der Waals surface area contributed by atoms with Crippen LogP contribution in [0.2, 0.25) is 5.02 Å². The second-order valence-corrected chi connectivity index (χ2v) is 7.32. The molecule has 1 aliphatic rings. The standard InChI is InChI=1S/C20H19ClN2OS/c21-17-10-4-5-11-18(17)22-20-23(13-16-9-6-12-24-16)19(14-25-20)15-7-2-1-3-8-15/h1-5,7-8,10-11,14,16H,6,9,12-13H2. The van der Waals surface area contributed by atoms with E-state index in [-0.39, 0.29) is 6.10 Å². The van der Waals surface area contributed by atoms with Gasteiger partial charge in [-0.2, -0.15) is 0 Å². The van der Waals surface area contributed by atoms with Crippen LogP contribution in [0.4, 0.5) is 5.69 Å². The molecule has 1 fully saturated rings. The number of nitrogens with zero attached hydrogens (tertiary/aromatic N) is 2. The fourth-order valence-corrected chi connectivity index (χ4v) is 4.18. The molecule has 0 amide bonds. The van der Waals surface area contributed by atoms with Crippen LogP contribution in [0.15, 0.2) is 65.0 Å². The SMILES string of the molecule is Clc1ccccc1N=c1scc(-c2ccccc2)n1CC1CCCO1. The number of benzene rings is 2. The number of para-hydroxylation sites is 1. The maximum absolute atomic E-state index is 6.30. The molecule has 1 atom stereocenters. The Morgan fingerprint density at radius 1 is 1.12 bits per heavy atom. The van der Waals surface area contributed by atoms with E-state index in [1.54, 1.807) is 11.3 Å². The third-order valence-corrected chi connectivity index (χ3v) is 5.53. The molecule has 1 unspecified atom stereocenters. The van der Waals surface area contributed by atoms with E-state index in [4.69, 9.17) is 21.3 Å². The lowest BCUT2D eigenvalue weighted by Crippen LogP contribution is -2.24. The Kier molecular flexibility index (Phi) is 5.02. The highest BCUT2D eigenvalue weighted by Crippen LogP contribution is 2.26. The fourth-order valence-electron chi connectivity index (χ4n) is 3.07. The van der Waals surface area contributed by atoms with Crippen molar-refractivity contribution in [3.05, 3.63) is 69.8 Å². The number of rotatable bonds is 4. The minimum absolute atomic E-state index is 0.252. The molecule has 0 N–H and O–H groups in total. The molecule has 0 spiro atoms. The predicted octanol–water partition coefficient (Wildman–Crippen LogP) is 5.28. The summed E-state index contributed by atoms with van der Waals surface area (Å²) in [5.74, 6) is 0. The normalized spacial score (nSPS) is 18.0. The van der Waals surface area contributed by atoms with Crippen LogP contribution in [0.25, 0.3) is 11.3 Å². The van der Waals surface area contributed by atoms with Gasteiger partial charge < -0.3 is 9.30 Å². The summed E-state index contributed by atoms with van der Waals surface area (Å²) in [5.41, 5.74) is 3.16. The van der Waals surface area contributed by atoms with Gasteiger partial charge in [0.1, 0.15) is 0 Å². The molecule has 25 heavy (non-hydrogen) atoms. The predicted molar refractivity (Wildman–Crippen MR) is 103 cm³/mol. The summed E-state index contributed by atoms with van der Waals surface area (Å²) in [6, 6.07) is 18.1. The molecule has 3 nitrogen and oxygen atoms in total. The molecule has 0 aliphatic carbocycles. The molecular formula is C20H19ClN2OS. The largest absolute Gasteiger partial charge is 0.376 e. The van der Waals surface area contributed by atoms with E-state index < -0.39 is 0 Å². The highest BCUT2D eigenvalue weighted by molar-refractivity contribution is 7.07. The zero-order valence-corrected chi connectivity index (χ0v) is 15.3. The van der Waals surface area contributed by atoms with Gasteiger partial charge >= 0.3 is 0 Å². The van der Waals surface area contributed by atoms with E-state index >= 15 is 0 Å². The van der Waals surface area contributed by atoms with E-state index in [0.29, 0.717) is 5.02 Å². The van der Waals surface area contributed by atoms with Gasteiger partial charge in [0.05, 0.1) is 29.1 Å². The average molecular weight is 371 g/mol. The van der Waals surface area contributed by atoms with Crippen molar-refractivity contribution in [2.24, 2.45) is 4.99 Å². The van der Waals surface area contributed by atoms with Crippen LogP contribution in [0, 0.1) is 0 Å². The zero-order chi connectivity index (χ0) is 17.1. The summed E-state index contributed by atoms with van der Waals surface area (Å²) in [7, 11) is 0. The molecule has 1 aromatic heterocycles. The summed E-state index contributed by atoms with van der Waals surface area (Å²) >= 11 is 7.94. The lowest BCUT2D eigenvalue weighted by Gasteiger charge is -2.14. The van der Waals surface area contributed by atoms with Crippen LogP contribution in [0.5, 0.6) is 0 Å². The summed E-state index contributed by atoms with van der Waals surface area (Å²) in [6.07, 6.45) is 2.48. The Labute approximate surface area is 156 Å². The second-order valence-electron chi connectivity index (χ2n) is 6.08. The Morgan fingerprint density at radius 2 is 1.92 bits per heavy atom. The van der Waals surface area contributed by atoms with Gasteiger partial charge in [-0.05, 0) is 30.5 Å². The van der Waals surface area contributed by atoms with E-state index in [2.05, 4.69) is 34.2 Å². The Bertz CT molecular complexity index is 911. The van der Waals surface area contributed by atoms with Crippen molar-refractivity contribution in [2.45, 2.75) is 25.5 Å². The van der Waals surface area contributed by atoms with E-state index in [1.807, 2.05) is 30.3 Å². The lowest BCUT2D eigenvalue weighted by molar-refractivity contribution is 0.0968. The summed E-state index contributed by atoms with van der Waals surface area (Å²) < 4.78 is 8.13. The second kappa shape index (κ2) is 7.56. The highest BCUT2D eigenvalue weighted by Gasteiger charge is 2.19. The summed E-state index contributed by atoms with van der Waals surface area (Å²) in [5, 5.41) is 2.83. The summed E-state index contributed by atoms with van der Waals surface area (Å²) in [4.78, 5) is 5.77. The van der Waals surface area contributed by atoms with Crippen molar-refractivity contribution in [3.63, 3.8) is 0 Å². The Balaban J connectivity index is 1.81. The quantitative estimate of drug-likeness (QED) is 0.613. The average Bonchev–Trinajstić information content (AvgIpc) is 3.29. The lowest BCUT2D eigenvalue weighted by atomic mass is 10.1. The molecule has 2 aromatic carbocycles. The van der Waals surface area contributed by atoms with Gasteiger partial charge in [-0.3, -0.25) is 0 Å². The third-order valence-electron chi connectivity index (χ3n) is 4.35. The van der Waals surface area contributed by atoms with Crippen molar-refractivity contribution < 1.29 is 4.74 Å². The van der Waals surface area contributed by atoms with Crippen molar-refractivity contribution in [1.29, 1.82) is 0 Å². The molecule has 2 heterocycles. The Hall–Kier alpha value is -1.88. The van der Waals surface area contributed by atoms with Crippen molar-refractivity contribution >= 4 is 28.6 Å². The number of thiazole rings is 1. The van der Waals surface area contributed by atoms with Crippen molar-refractivity contribution in [1.82, 2.24) is 4.57 Å². The van der Waals surface area contributed by atoms with Gasteiger partial charge in [0, 0.05) is 12.0 Å². The fraction of sp³-hybridized carbons (Fsp3) is 0.250. The van der Waals surface area contributed by atoms with Gasteiger partial charge in [-0.1, -0.05) is 54.1 Å². The maximum atomic E-state index is 6.30. The number of aromatic nitrogens is 1. The number of ether oxygens (including phenoxy) is 1. The first kappa shape index (κ1) is 16.6. The highest BCUT2D eigenvalue weighted by atomic mass is 35.5. The van der Waals surface area contributed by atoms with Crippen molar-refractivity contribution in [3.8, 4) is 11.3 Å². The van der Waals surface area contributed by atoms with Crippen LogP contribution in [0.1, 0.15) is 12.8 Å². The molecule has 128 valence electrons. The van der Waals surface area contributed by atoms with Crippen molar-refractivity contribution in [2.75, 3.05) is 6.61 Å². The molecule has 0 saturated carbocycles. The zero-order valence-electron chi connectivity index (χ0n) is 13.8. The first-order valence-electron chi connectivity index (χ1n) is 8.46. The number of hydrogen-bond donors (Lipinski definition) is 0. The smallest absolute Gasteiger partial charge is 0.190 e. The van der Waals surface area contributed by atoms with E-state index in [9.17, 15) is 0 Å². The van der Waals surface area contributed by atoms with Crippen LogP contribution in [0.3, 0.4) is 0 Å². The van der Waals surface area contributed by atoms with Crippen LogP contribution in [-0.4, -0.2) is 17.3 Å². The van der Waals surface area contributed by atoms with Gasteiger partial charge in [0.15, 0.2) is 4.80 Å². The van der Waals surface area contributed by atoms with Crippen LogP contribution < -0.4 is 4.80 Å². The van der Waals surface area contributed by atoms with Crippen LogP contribution >= 0.6 is 22.9 Å². The first-order valence-corrected chi connectivity index (χ1v) is 9.71. The van der Waals surface area contributed by atoms with Gasteiger partial charge in [0.2, 0.25) is 0 Å². The van der Waals surface area contributed by atoms with Gasteiger partial charge in [-0.15, -0.1) is 11.3 Å². The van der Waals surface area contributed by atoms with Gasteiger partial charge in [0.25, 0.3) is 0 Å². The molecule has 0 radical (unpaired) electrons. The molecule has 5 heteroatoms. The summed E-state index contributed by atoms with van der Waals surface area (Å²) in [6.45, 7) is 1.67. The minimum atomic E-state index is 0.252.